The van der Waals surface area contributed by atoms with Gasteiger partial charge in [0, 0.05) is 17.0 Å². The summed E-state index contributed by atoms with van der Waals surface area (Å²) < 4.78 is 28.7. The molecule has 140 valence electrons. The van der Waals surface area contributed by atoms with Crippen LogP contribution in [-0.2, 0) is 5.75 Å². The van der Waals surface area contributed by atoms with E-state index in [1.54, 1.807) is 12.1 Å². The van der Waals surface area contributed by atoms with Crippen molar-refractivity contribution in [2.75, 3.05) is 5.32 Å². The van der Waals surface area contributed by atoms with Gasteiger partial charge in [0.1, 0.15) is 12.1 Å². The third-order valence-electron chi connectivity index (χ3n) is 3.39. The quantitative estimate of drug-likeness (QED) is 0.556. The Bertz CT molecular complexity index is 908. The molecule has 0 radical (unpaired) electrons. The molecule has 2 aromatic carbocycles. The monoisotopic (exact) mass is 410 g/mol. The highest BCUT2D eigenvalue weighted by Gasteiger charge is 2.11. The van der Waals surface area contributed by atoms with E-state index in [2.05, 4.69) is 25.2 Å². The molecule has 3 rings (SSSR count). The SMILES string of the molecule is O=C(Nc1ccc(OC(F)F)c(Cl)c1)c1ccc(CSc2ncn[nH]2)cc1. The Kier molecular flexibility index (Phi) is 6.25. The number of alkyl halides is 2. The van der Waals surface area contributed by atoms with Crippen LogP contribution in [0.3, 0.4) is 0 Å². The van der Waals surface area contributed by atoms with Crippen molar-refractivity contribution in [1.82, 2.24) is 15.2 Å². The second kappa shape index (κ2) is 8.83. The van der Waals surface area contributed by atoms with E-state index in [0.717, 1.165) is 5.56 Å². The minimum absolute atomic E-state index is 0.0205. The van der Waals surface area contributed by atoms with Crippen molar-refractivity contribution < 1.29 is 18.3 Å². The third-order valence-corrected chi connectivity index (χ3v) is 4.63. The molecular formula is C17H13ClF2N4O2S. The van der Waals surface area contributed by atoms with Crippen molar-refractivity contribution in [2.24, 2.45) is 0 Å². The molecule has 0 fully saturated rings. The highest BCUT2D eigenvalue weighted by Crippen LogP contribution is 2.29. The number of amides is 1. The zero-order valence-electron chi connectivity index (χ0n) is 13.7. The number of halogens is 3. The van der Waals surface area contributed by atoms with Crippen LogP contribution in [0.5, 0.6) is 5.75 Å². The summed E-state index contributed by atoms with van der Waals surface area (Å²) >= 11 is 7.37. The second-order valence-electron chi connectivity index (χ2n) is 5.25. The van der Waals surface area contributed by atoms with Crippen LogP contribution in [0, 0.1) is 0 Å². The lowest BCUT2D eigenvalue weighted by atomic mass is 10.1. The maximum Gasteiger partial charge on any atom is 0.387 e. The molecule has 1 aromatic heterocycles. The Labute approximate surface area is 162 Å². The number of hydrogen-bond donors (Lipinski definition) is 2. The molecule has 3 aromatic rings. The summed E-state index contributed by atoms with van der Waals surface area (Å²) in [6.07, 6.45) is 1.44. The minimum atomic E-state index is -2.97. The molecule has 2 N–H and O–H groups in total. The van der Waals surface area contributed by atoms with Crippen LogP contribution in [0.4, 0.5) is 14.5 Å². The number of H-pyrrole nitrogens is 1. The molecule has 0 saturated heterocycles. The molecule has 1 amide bonds. The number of nitrogens with zero attached hydrogens (tertiary/aromatic N) is 2. The first-order valence-corrected chi connectivity index (χ1v) is 9.00. The summed E-state index contributed by atoms with van der Waals surface area (Å²) in [5.41, 5.74) is 1.84. The molecule has 0 spiro atoms. The lowest BCUT2D eigenvalue weighted by molar-refractivity contribution is -0.0497. The fourth-order valence-corrected chi connectivity index (χ4v) is 3.10. The van der Waals surface area contributed by atoms with Crippen LogP contribution in [0.2, 0.25) is 5.02 Å². The fraction of sp³-hybridized carbons (Fsp3) is 0.118. The minimum Gasteiger partial charge on any atom is -0.433 e. The van der Waals surface area contributed by atoms with Crippen LogP contribution < -0.4 is 10.1 Å². The number of aromatic nitrogens is 3. The van der Waals surface area contributed by atoms with Crippen LogP contribution in [0.15, 0.2) is 53.9 Å². The maximum atomic E-state index is 12.3. The Hall–Kier alpha value is -2.65. The van der Waals surface area contributed by atoms with Gasteiger partial charge in [-0.3, -0.25) is 9.89 Å². The van der Waals surface area contributed by atoms with Crippen LogP contribution in [0.1, 0.15) is 15.9 Å². The molecule has 10 heteroatoms. The standard InChI is InChI=1S/C17H13ClF2N4O2S/c18-13-7-12(5-6-14(13)26-16(19)20)23-15(25)11-3-1-10(2-4-11)8-27-17-21-9-22-24-17/h1-7,9,16H,8H2,(H,23,25)(H,21,22,24). The summed E-state index contributed by atoms with van der Waals surface area (Å²) in [4.78, 5) is 16.3. The number of hydrogen-bond acceptors (Lipinski definition) is 5. The van der Waals surface area contributed by atoms with Gasteiger partial charge in [-0.2, -0.15) is 13.9 Å². The summed E-state index contributed by atoms with van der Waals surface area (Å²) in [6.45, 7) is -2.97. The van der Waals surface area contributed by atoms with Crippen molar-refractivity contribution >= 4 is 35.0 Å². The van der Waals surface area contributed by atoms with Crippen LogP contribution in [0.25, 0.3) is 0 Å². The van der Waals surface area contributed by atoms with Gasteiger partial charge in [-0.05, 0) is 35.9 Å². The molecule has 0 bridgehead atoms. The molecule has 27 heavy (non-hydrogen) atoms. The molecule has 0 aliphatic heterocycles. The molecule has 1 heterocycles. The lowest BCUT2D eigenvalue weighted by Crippen LogP contribution is -2.12. The highest BCUT2D eigenvalue weighted by atomic mass is 35.5. The number of benzene rings is 2. The molecule has 0 atom stereocenters. The number of ether oxygens (including phenoxy) is 1. The van der Waals surface area contributed by atoms with Gasteiger partial charge in [-0.1, -0.05) is 35.5 Å². The normalized spacial score (nSPS) is 10.8. The predicted octanol–water partition coefficient (Wildman–Crippen LogP) is 4.60. The number of anilines is 1. The fourth-order valence-electron chi connectivity index (χ4n) is 2.14. The number of carbonyl (C=O) groups is 1. The Morgan fingerprint density at radius 3 is 2.67 bits per heavy atom. The zero-order valence-corrected chi connectivity index (χ0v) is 15.2. The zero-order chi connectivity index (χ0) is 19.2. The van der Waals surface area contributed by atoms with Gasteiger partial charge in [-0.25, -0.2) is 4.98 Å². The van der Waals surface area contributed by atoms with Gasteiger partial charge in [-0.15, -0.1) is 0 Å². The smallest absolute Gasteiger partial charge is 0.387 e. The molecule has 0 aliphatic rings. The van der Waals surface area contributed by atoms with E-state index >= 15 is 0 Å². The van der Waals surface area contributed by atoms with Crippen molar-refractivity contribution in [3.8, 4) is 5.75 Å². The van der Waals surface area contributed by atoms with Crippen molar-refractivity contribution in [2.45, 2.75) is 17.5 Å². The van der Waals surface area contributed by atoms with Gasteiger partial charge in [0.25, 0.3) is 5.91 Å². The lowest BCUT2D eigenvalue weighted by Gasteiger charge is -2.10. The number of aromatic amines is 1. The Morgan fingerprint density at radius 1 is 1.26 bits per heavy atom. The van der Waals surface area contributed by atoms with Gasteiger partial charge < -0.3 is 10.1 Å². The average Bonchev–Trinajstić information content (AvgIpc) is 3.16. The molecule has 0 saturated carbocycles. The van der Waals surface area contributed by atoms with Gasteiger partial charge in [0.2, 0.25) is 0 Å². The van der Waals surface area contributed by atoms with Crippen molar-refractivity contribution in [1.29, 1.82) is 0 Å². The van der Waals surface area contributed by atoms with E-state index in [0.29, 0.717) is 22.2 Å². The van der Waals surface area contributed by atoms with E-state index in [4.69, 9.17) is 11.6 Å². The largest absolute Gasteiger partial charge is 0.433 e. The van der Waals surface area contributed by atoms with Crippen molar-refractivity contribution in [3.05, 3.63) is 64.9 Å². The Balaban J connectivity index is 1.59. The van der Waals surface area contributed by atoms with Crippen molar-refractivity contribution in [3.63, 3.8) is 0 Å². The summed E-state index contributed by atoms with van der Waals surface area (Å²) in [5, 5.41) is 9.89. The van der Waals surface area contributed by atoms with Gasteiger partial charge in [0.15, 0.2) is 5.16 Å². The van der Waals surface area contributed by atoms with E-state index in [1.807, 2.05) is 12.1 Å². The Morgan fingerprint density at radius 2 is 2.04 bits per heavy atom. The number of thioether (sulfide) groups is 1. The van der Waals surface area contributed by atoms with E-state index in [-0.39, 0.29) is 16.7 Å². The summed E-state index contributed by atoms with van der Waals surface area (Å²) in [6, 6.07) is 11.1. The van der Waals surface area contributed by atoms with Gasteiger partial charge >= 0.3 is 6.61 Å². The molecule has 0 unspecified atom stereocenters. The first-order valence-electron chi connectivity index (χ1n) is 7.64. The van der Waals surface area contributed by atoms with E-state index in [1.165, 1.54) is 36.3 Å². The topological polar surface area (TPSA) is 79.9 Å². The number of rotatable bonds is 7. The van der Waals surface area contributed by atoms with E-state index < -0.39 is 6.61 Å². The third kappa shape index (κ3) is 5.41. The summed E-state index contributed by atoms with van der Waals surface area (Å²) in [5.74, 6) is 0.180. The molecule has 0 aliphatic carbocycles. The average molecular weight is 411 g/mol. The molecular weight excluding hydrogens is 398 g/mol. The second-order valence-corrected chi connectivity index (χ2v) is 6.63. The van der Waals surface area contributed by atoms with Gasteiger partial charge in [0.05, 0.1) is 5.02 Å². The summed E-state index contributed by atoms with van der Waals surface area (Å²) in [7, 11) is 0. The first-order chi connectivity index (χ1) is 13.0. The van der Waals surface area contributed by atoms with E-state index in [9.17, 15) is 13.6 Å². The molecule has 6 nitrogen and oxygen atoms in total. The highest BCUT2D eigenvalue weighted by molar-refractivity contribution is 7.98. The number of carbonyl (C=O) groups excluding carboxylic acids is 1. The maximum absolute atomic E-state index is 12.3. The number of nitrogens with one attached hydrogen (secondary N) is 2. The predicted molar refractivity (Wildman–Crippen MR) is 98.4 cm³/mol. The van der Waals surface area contributed by atoms with Crippen LogP contribution >= 0.6 is 23.4 Å². The van der Waals surface area contributed by atoms with Crippen LogP contribution in [-0.4, -0.2) is 27.7 Å². The first kappa shape index (κ1) is 19.1.